The molecule has 2 saturated heterocycles. The van der Waals surface area contributed by atoms with Gasteiger partial charge in [0.15, 0.2) is 5.82 Å². The number of hydrogen-bond acceptors (Lipinski definition) is 5. The minimum absolute atomic E-state index is 0.0476. The van der Waals surface area contributed by atoms with E-state index in [-0.39, 0.29) is 24.4 Å². The second-order valence-electron chi connectivity index (χ2n) is 4.98. The van der Waals surface area contributed by atoms with Gasteiger partial charge in [0.1, 0.15) is 6.04 Å². The van der Waals surface area contributed by atoms with Gasteiger partial charge in [0, 0.05) is 26.4 Å². The molecule has 0 radical (unpaired) electrons. The van der Waals surface area contributed by atoms with Crippen LogP contribution in [0.1, 0.15) is 24.6 Å². The number of aryl methyl sites for hydroxylation is 1. The molecule has 1 aromatic heterocycles. The molecule has 1 atom stereocenters. The topological polar surface area (TPSA) is 79.5 Å². The van der Waals surface area contributed by atoms with Crippen molar-refractivity contribution in [3.05, 3.63) is 11.7 Å². The highest BCUT2D eigenvalue weighted by Crippen LogP contribution is 2.23. The van der Waals surface area contributed by atoms with Crippen LogP contribution in [0, 0.1) is 6.92 Å². The number of nitrogens with zero attached hydrogens (tertiary/aromatic N) is 4. The Kier molecular flexibility index (Phi) is 2.96. The lowest BCUT2D eigenvalue weighted by atomic mass is 10.1. The fourth-order valence-electron chi connectivity index (χ4n) is 2.73. The Balaban J connectivity index is 1.64. The first kappa shape index (κ1) is 12.1. The summed E-state index contributed by atoms with van der Waals surface area (Å²) in [5.41, 5.74) is 0. The van der Waals surface area contributed by atoms with Crippen molar-refractivity contribution in [3.8, 4) is 0 Å². The Hall–Kier alpha value is -1.92. The van der Waals surface area contributed by atoms with Gasteiger partial charge in [-0.25, -0.2) is 0 Å². The highest BCUT2D eigenvalue weighted by atomic mass is 16.5. The third-order valence-electron chi connectivity index (χ3n) is 3.67. The molecule has 0 N–H and O–H groups in total. The fraction of sp³-hybridized carbons (Fsp3) is 0.667. The SMILES string of the molecule is Cc1nc(CCN2CC(=O)N3CCCC3C2=O)no1. The van der Waals surface area contributed by atoms with Gasteiger partial charge in [0.25, 0.3) is 0 Å². The van der Waals surface area contributed by atoms with Crippen molar-refractivity contribution in [1.29, 1.82) is 0 Å². The van der Waals surface area contributed by atoms with E-state index in [0.29, 0.717) is 31.2 Å². The van der Waals surface area contributed by atoms with Crippen LogP contribution in [-0.2, 0) is 16.0 Å². The molecule has 0 aliphatic carbocycles. The van der Waals surface area contributed by atoms with Crippen LogP contribution in [0.25, 0.3) is 0 Å². The summed E-state index contributed by atoms with van der Waals surface area (Å²) in [6.45, 7) is 3.08. The van der Waals surface area contributed by atoms with E-state index in [1.165, 1.54) is 0 Å². The van der Waals surface area contributed by atoms with Gasteiger partial charge in [0.2, 0.25) is 17.7 Å². The number of amides is 2. The van der Waals surface area contributed by atoms with Crippen LogP contribution >= 0.6 is 0 Å². The van der Waals surface area contributed by atoms with E-state index in [4.69, 9.17) is 4.52 Å². The number of hydrogen-bond donors (Lipinski definition) is 0. The Bertz CT molecular complexity index is 513. The van der Waals surface area contributed by atoms with Gasteiger partial charge in [-0.05, 0) is 12.8 Å². The van der Waals surface area contributed by atoms with Crippen LogP contribution < -0.4 is 0 Å². The zero-order valence-corrected chi connectivity index (χ0v) is 10.8. The molecule has 2 amide bonds. The normalized spacial score (nSPS) is 23.1. The molecule has 1 aromatic rings. The number of carbonyl (C=O) groups excluding carboxylic acids is 2. The Morgan fingerprint density at radius 3 is 3.00 bits per heavy atom. The van der Waals surface area contributed by atoms with Gasteiger partial charge in [-0.15, -0.1) is 0 Å². The Morgan fingerprint density at radius 2 is 2.26 bits per heavy atom. The molecule has 0 aromatic carbocycles. The highest BCUT2D eigenvalue weighted by Gasteiger charge is 2.41. The Labute approximate surface area is 110 Å². The molecule has 0 saturated carbocycles. The predicted molar refractivity (Wildman–Crippen MR) is 64.1 cm³/mol. The van der Waals surface area contributed by atoms with Crippen molar-refractivity contribution in [1.82, 2.24) is 19.9 Å². The van der Waals surface area contributed by atoms with Crippen LogP contribution in [0.4, 0.5) is 0 Å². The fourth-order valence-corrected chi connectivity index (χ4v) is 2.73. The Morgan fingerprint density at radius 1 is 1.42 bits per heavy atom. The van der Waals surface area contributed by atoms with Gasteiger partial charge < -0.3 is 14.3 Å². The number of aromatic nitrogens is 2. The lowest BCUT2D eigenvalue weighted by Crippen LogP contribution is -2.57. The summed E-state index contributed by atoms with van der Waals surface area (Å²) in [5, 5.41) is 3.79. The lowest BCUT2D eigenvalue weighted by Gasteiger charge is -2.36. The predicted octanol–water partition coefficient (Wildman–Crippen LogP) is -0.246. The van der Waals surface area contributed by atoms with Crippen LogP contribution in [0.3, 0.4) is 0 Å². The van der Waals surface area contributed by atoms with Gasteiger partial charge in [-0.2, -0.15) is 4.98 Å². The van der Waals surface area contributed by atoms with E-state index in [0.717, 1.165) is 12.8 Å². The first-order valence-corrected chi connectivity index (χ1v) is 6.52. The van der Waals surface area contributed by atoms with E-state index < -0.39 is 0 Å². The van der Waals surface area contributed by atoms with E-state index in [1.54, 1.807) is 16.7 Å². The van der Waals surface area contributed by atoms with Crippen LogP contribution in [-0.4, -0.2) is 57.4 Å². The second-order valence-corrected chi connectivity index (χ2v) is 4.98. The zero-order chi connectivity index (χ0) is 13.4. The van der Waals surface area contributed by atoms with Crippen molar-refractivity contribution in [3.63, 3.8) is 0 Å². The molecule has 7 nitrogen and oxygen atoms in total. The summed E-state index contributed by atoms with van der Waals surface area (Å²) in [7, 11) is 0. The van der Waals surface area contributed by atoms with Gasteiger partial charge in [-0.1, -0.05) is 5.16 Å². The number of carbonyl (C=O) groups is 2. The third-order valence-corrected chi connectivity index (χ3v) is 3.67. The van der Waals surface area contributed by atoms with Crippen molar-refractivity contribution in [2.75, 3.05) is 19.6 Å². The maximum absolute atomic E-state index is 12.2. The number of fused-ring (bicyclic) bond motifs is 1. The molecule has 2 fully saturated rings. The third kappa shape index (κ3) is 2.20. The molecule has 3 heterocycles. The number of rotatable bonds is 3. The average molecular weight is 264 g/mol. The van der Waals surface area contributed by atoms with Gasteiger partial charge in [0.05, 0.1) is 6.54 Å². The molecule has 0 spiro atoms. The summed E-state index contributed by atoms with van der Waals surface area (Å²) in [5.74, 6) is 1.19. The molecule has 19 heavy (non-hydrogen) atoms. The smallest absolute Gasteiger partial charge is 0.245 e. The molecule has 1 unspecified atom stereocenters. The van der Waals surface area contributed by atoms with E-state index >= 15 is 0 Å². The summed E-state index contributed by atoms with van der Waals surface area (Å²) < 4.78 is 4.88. The van der Waals surface area contributed by atoms with Crippen molar-refractivity contribution in [2.45, 2.75) is 32.2 Å². The minimum Gasteiger partial charge on any atom is -0.340 e. The van der Waals surface area contributed by atoms with Crippen molar-refractivity contribution >= 4 is 11.8 Å². The van der Waals surface area contributed by atoms with Crippen molar-refractivity contribution in [2.24, 2.45) is 0 Å². The van der Waals surface area contributed by atoms with Gasteiger partial charge in [-0.3, -0.25) is 9.59 Å². The zero-order valence-electron chi connectivity index (χ0n) is 10.8. The monoisotopic (exact) mass is 264 g/mol. The van der Waals surface area contributed by atoms with E-state index in [1.807, 2.05) is 0 Å². The number of piperazine rings is 1. The molecule has 3 rings (SSSR count). The lowest BCUT2D eigenvalue weighted by molar-refractivity contribution is -0.153. The molecule has 2 aliphatic rings. The molecule has 102 valence electrons. The average Bonchev–Trinajstić information content (AvgIpc) is 3.01. The van der Waals surface area contributed by atoms with Crippen LogP contribution in [0.15, 0.2) is 4.52 Å². The first-order valence-electron chi connectivity index (χ1n) is 6.52. The minimum atomic E-state index is -0.242. The van der Waals surface area contributed by atoms with Gasteiger partial charge >= 0.3 is 0 Å². The molecule has 2 aliphatic heterocycles. The van der Waals surface area contributed by atoms with E-state index in [9.17, 15) is 9.59 Å². The summed E-state index contributed by atoms with van der Waals surface area (Å²) in [6, 6.07) is -0.242. The summed E-state index contributed by atoms with van der Waals surface area (Å²) >= 11 is 0. The second kappa shape index (κ2) is 4.64. The first-order chi connectivity index (χ1) is 9.15. The molecular weight excluding hydrogens is 248 g/mol. The summed E-state index contributed by atoms with van der Waals surface area (Å²) in [6.07, 6.45) is 2.21. The van der Waals surface area contributed by atoms with Crippen LogP contribution in [0.2, 0.25) is 0 Å². The van der Waals surface area contributed by atoms with Crippen LogP contribution in [0.5, 0.6) is 0 Å². The van der Waals surface area contributed by atoms with Crippen molar-refractivity contribution < 1.29 is 14.1 Å². The maximum atomic E-state index is 12.2. The standard InChI is InChI=1S/C12H16N4O3/c1-8-13-10(14-19-8)4-6-15-7-11(17)16-5-2-3-9(16)12(15)18/h9H,2-7H2,1H3. The molecule has 7 heteroatoms. The largest absolute Gasteiger partial charge is 0.340 e. The molecular formula is C12H16N4O3. The quantitative estimate of drug-likeness (QED) is 0.752. The van der Waals surface area contributed by atoms with E-state index in [2.05, 4.69) is 10.1 Å². The summed E-state index contributed by atoms with van der Waals surface area (Å²) in [4.78, 5) is 31.6. The maximum Gasteiger partial charge on any atom is 0.245 e. The highest BCUT2D eigenvalue weighted by molar-refractivity contribution is 5.95. The molecule has 0 bridgehead atoms.